The van der Waals surface area contributed by atoms with Crippen LogP contribution in [0.2, 0.25) is 0 Å². The Kier molecular flexibility index (Phi) is 57.8. The molecule has 12 heteroatoms. The maximum Gasteiger partial charge on any atom is 0.338 e. The number of esters is 2. The Labute approximate surface area is 719 Å². The van der Waals surface area contributed by atoms with E-state index < -0.39 is 11.9 Å². The van der Waals surface area contributed by atoms with Crippen LogP contribution in [0.25, 0.3) is 33.2 Å². The number of para-hydroxylation sites is 2. The minimum atomic E-state index is -0.490. The summed E-state index contributed by atoms with van der Waals surface area (Å²) in [5.74, 6) is 2.26. The van der Waals surface area contributed by atoms with E-state index in [2.05, 4.69) is 41.5 Å². The molecule has 0 saturated heterocycles. The molecule has 0 fully saturated rings. The summed E-state index contributed by atoms with van der Waals surface area (Å²) in [6.07, 6.45) is 73.8. The molecule has 6 aromatic rings. The first-order valence-electron chi connectivity index (χ1n) is 49.6. The molecule has 0 N–H and O–H groups in total. The number of rotatable bonds is 79. The fraction of sp³-hybridized carbons (Fsp3) is 0.698. The van der Waals surface area contributed by atoms with Crippen LogP contribution in [0.15, 0.2) is 84.9 Å². The summed E-state index contributed by atoms with van der Waals surface area (Å²) < 4.78 is 53.3. The second kappa shape index (κ2) is 68.0. The van der Waals surface area contributed by atoms with E-state index in [1.807, 2.05) is 84.9 Å². The molecule has 118 heavy (non-hydrogen) atoms. The van der Waals surface area contributed by atoms with Gasteiger partial charge in [0.25, 0.3) is 0 Å². The van der Waals surface area contributed by atoms with Gasteiger partial charge in [-0.2, -0.15) is 0 Å². The van der Waals surface area contributed by atoms with E-state index >= 15 is 0 Å². The zero-order valence-electron chi connectivity index (χ0n) is 76.1. The van der Waals surface area contributed by atoms with Gasteiger partial charge in [-0.15, -0.1) is 0 Å². The number of pyridine rings is 2. The number of unbranched alkanes of at least 4 members (excludes halogenated alkanes) is 54. The first-order valence-corrected chi connectivity index (χ1v) is 49.6. The summed E-state index contributed by atoms with van der Waals surface area (Å²) in [5.41, 5.74) is 4.90. The average Bonchev–Trinajstić information content (AvgIpc) is 0.770. The molecule has 0 unspecified atom stereocenters. The van der Waals surface area contributed by atoms with E-state index in [1.54, 1.807) is 0 Å². The van der Waals surface area contributed by atoms with Crippen molar-refractivity contribution in [3.05, 3.63) is 107 Å². The van der Waals surface area contributed by atoms with Crippen LogP contribution in [0.5, 0.6) is 34.5 Å². The lowest BCUT2D eigenvalue weighted by Crippen LogP contribution is -2.11. The van der Waals surface area contributed by atoms with Gasteiger partial charge in [0.15, 0.2) is 23.0 Å². The minimum Gasteiger partial charge on any atom is -0.490 e. The lowest BCUT2D eigenvalue weighted by molar-refractivity contribution is 0.0464. The van der Waals surface area contributed by atoms with Crippen LogP contribution in [0.4, 0.5) is 0 Å². The van der Waals surface area contributed by atoms with Crippen molar-refractivity contribution in [3.8, 4) is 45.9 Å². The van der Waals surface area contributed by atoms with E-state index in [0.717, 1.165) is 110 Å². The standard InChI is InChI=1S/C106H168N2O10/c1-7-13-19-25-31-37-43-49-55-65-75-111-99-83-89(84-100(112-76-66-56-50-44-38-32-26-20-14-8-2)103(99)115-79-69-59-53-47-41-35-29-23-17-11-5)105(109)117-87-91-81-97(107-95-73-63-61-71-93(91)95)98-82-92(94-72-62-64-74-96(94)108-98)88-118-106(110)90-85-101(113-77-67-57-51-45-39-33-27-21-15-9-3)104(116-80-70-60-54-48-42-36-30-24-18-12-6)102(86-90)114-78-68-58-52-46-40-34-28-22-16-10-4/h61-64,71-74,81-86H,7-60,65-70,75-80,87-88H2,1-6H3. The smallest absolute Gasteiger partial charge is 0.338 e. The Hall–Kier alpha value is -6.56. The van der Waals surface area contributed by atoms with Gasteiger partial charge >= 0.3 is 11.9 Å². The van der Waals surface area contributed by atoms with Crippen molar-refractivity contribution in [3.63, 3.8) is 0 Å². The quantitative estimate of drug-likeness (QED) is 0.0266. The van der Waals surface area contributed by atoms with Gasteiger partial charge in [-0.25, -0.2) is 19.6 Å². The van der Waals surface area contributed by atoms with Crippen molar-refractivity contribution in [2.45, 2.75) is 440 Å². The summed E-state index contributed by atoms with van der Waals surface area (Å²) in [5, 5.41) is 1.72. The first-order chi connectivity index (χ1) is 58.3. The number of carbonyl (C=O) groups is 2. The van der Waals surface area contributed by atoms with E-state index in [0.29, 0.717) is 96.7 Å². The number of ether oxygens (including phenoxy) is 8. The van der Waals surface area contributed by atoms with E-state index in [4.69, 9.17) is 47.9 Å². The van der Waals surface area contributed by atoms with Crippen LogP contribution >= 0.6 is 0 Å². The molecular formula is C106H168N2O10. The Morgan fingerprint density at radius 1 is 0.237 bits per heavy atom. The number of benzene rings is 4. The molecular weight excluding hydrogens is 1460 g/mol. The van der Waals surface area contributed by atoms with Crippen molar-refractivity contribution in [2.75, 3.05) is 39.6 Å². The third-order valence-corrected chi connectivity index (χ3v) is 23.6. The molecule has 0 amide bonds. The molecule has 0 radical (unpaired) electrons. The van der Waals surface area contributed by atoms with Crippen molar-refractivity contribution < 1.29 is 47.5 Å². The Balaban J connectivity index is 1.25. The molecule has 662 valence electrons. The lowest BCUT2D eigenvalue weighted by Gasteiger charge is -2.19. The largest absolute Gasteiger partial charge is 0.490 e. The monoisotopic (exact) mass is 1630 g/mol. The maximum atomic E-state index is 14.9. The van der Waals surface area contributed by atoms with Gasteiger partial charge in [0.05, 0.1) is 73.2 Å². The van der Waals surface area contributed by atoms with Crippen LogP contribution in [0.1, 0.15) is 459 Å². The molecule has 2 aromatic heterocycles. The van der Waals surface area contributed by atoms with Gasteiger partial charge in [-0.3, -0.25) is 0 Å². The van der Waals surface area contributed by atoms with Crippen molar-refractivity contribution >= 4 is 33.7 Å². The molecule has 0 spiro atoms. The van der Waals surface area contributed by atoms with Crippen LogP contribution in [0.3, 0.4) is 0 Å². The molecule has 12 nitrogen and oxygen atoms in total. The van der Waals surface area contributed by atoms with Crippen molar-refractivity contribution in [1.82, 2.24) is 9.97 Å². The van der Waals surface area contributed by atoms with Crippen molar-refractivity contribution in [1.29, 1.82) is 0 Å². The molecule has 0 aliphatic carbocycles. The predicted octanol–water partition coefficient (Wildman–Crippen LogP) is 33.0. The number of fused-ring (bicyclic) bond motifs is 2. The predicted molar refractivity (Wildman–Crippen MR) is 498 cm³/mol. The SMILES string of the molecule is CCCCCCCCCCCCOc1cc(C(=O)OCc2cc(-c3cc(COC(=O)c4cc(OCCCCCCCCCCCC)c(OCCCCCCCCCCCC)c(OCCCCCCCCCCCC)c4)c4ccccc4n3)nc3ccccc23)cc(OCCCCCCCCCCCC)c1OCCCCCCCCCCCC. The molecule has 0 aliphatic heterocycles. The second-order valence-corrected chi connectivity index (χ2v) is 34.3. The average molecular weight is 1630 g/mol. The summed E-state index contributed by atoms with van der Waals surface area (Å²) in [4.78, 5) is 40.2. The summed E-state index contributed by atoms with van der Waals surface area (Å²) >= 11 is 0. The molecule has 2 heterocycles. The van der Waals surface area contributed by atoms with Crippen LogP contribution in [-0.2, 0) is 22.7 Å². The third-order valence-electron chi connectivity index (χ3n) is 23.6. The summed E-state index contributed by atoms with van der Waals surface area (Å²) in [7, 11) is 0. The first kappa shape index (κ1) is 100. The Morgan fingerprint density at radius 2 is 0.432 bits per heavy atom. The maximum absolute atomic E-state index is 14.9. The zero-order chi connectivity index (χ0) is 83.4. The fourth-order valence-electron chi connectivity index (χ4n) is 16.2. The van der Waals surface area contributed by atoms with E-state index in [-0.39, 0.29) is 13.2 Å². The van der Waals surface area contributed by atoms with Gasteiger partial charge in [0, 0.05) is 21.9 Å². The summed E-state index contributed by atoms with van der Waals surface area (Å²) in [6, 6.07) is 27.1. The lowest BCUT2D eigenvalue weighted by atomic mass is 10.0. The van der Waals surface area contributed by atoms with Gasteiger partial charge in [0.2, 0.25) is 11.5 Å². The molecule has 0 saturated carbocycles. The van der Waals surface area contributed by atoms with Gasteiger partial charge in [0.1, 0.15) is 13.2 Å². The highest BCUT2D eigenvalue weighted by Gasteiger charge is 2.24. The highest BCUT2D eigenvalue weighted by Crippen LogP contribution is 2.42. The van der Waals surface area contributed by atoms with Crippen molar-refractivity contribution in [2.24, 2.45) is 0 Å². The molecule has 6 rings (SSSR count). The number of nitrogens with zero attached hydrogens (tertiary/aromatic N) is 2. The molecule has 0 aliphatic rings. The number of aromatic nitrogens is 2. The van der Waals surface area contributed by atoms with E-state index in [1.165, 1.54) is 308 Å². The number of hydrogen-bond donors (Lipinski definition) is 0. The third kappa shape index (κ3) is 43.8. The number of carbonyl (C=O) groups excluding carboxylic acids is 2. The van der Waals surface area contributed by atoms with Gasteiger partial charge < -0.3 is 37.9 Å². The fourth-order valence-corrected chi connectivity index (χ4v) is 16.2. The van der Waals surface area contributed by atoms with Gasteiger partial charge in [-0.1, -0.05) is 425 Å². The molecule has 0 bridgehead atoms. The Morgan fingerprint density at radius 3 is 0.653 bits per heavy atom. The van der Waals surface area contributed by atoms with Crippen LogP contribution in [-0.4, -0.2) is 61.5 Å². The summed E-state index contributed by atoms with van der Waals surface area (Å²) in [6.45, 7) is 16.7. The number of hydrogen-bond acceptors (Lipinski definition) is 12. The van der Waals surface area contributed by atoms with E-state index in [9.17, 15) is 9.59 Å². The Bertz CT molecular complexity index is 3170. The van der Waals surface area contributed by atoms with Crippen LogP contribution in [0, 0.1) is 0 Å². The molecule has 4 aromatic carbocycles. The zero-order valence-corrected chi connectivity index (χ0v) is 76.1. The normalized spacial score (nSPS) is 11.5. The topological polar surface area (TPSA) is 134 Å². The molecule has 0 atom stereocenters. The van der Waals surface area contributed by atoms with Gasteiger partial charge in [-0.05, 0) is 87.1 Å². The van der Waals surface area contributed by atoms with Crippen LogP contribution < -0.4 is 28.4 Å². The highest BCUT2D eigenvalue weighted by molar-refractivity contribution is 5.93. The second-order valence-electron chi connectivity index (χ2n) is 34.3. The minimum absolute atomic E-state index is 0.0352. The highest BCUT2D eigenvalue weighted by atomic mass is 16.6.